The highest BCUT2D eigenvalue weighted by Crippen LogP contribution is 2.34. The van der Waals surface area contributed by atoms with Crippen LogP contribution >= 0.6 is 0 Å². The number of ether oxygens (including phenoxy) is 1. The van der Waals surface area contributed by atoms with Crippen LogP contribution < -0.4 is 0 Å². The Kier molecular flexibility index (Phi) is 4.32. The number of carbonyl (C=O) groups is 1. The van der Waals surface area contributed by atoms with Gasteiger partial charge in [0, 0.05) is 32.3 Å². The maximum Gasteiger partial charge on any atom is 0.272 e. The zero-order chi connectivity index (χ0) is 14.8. The average Bonchev–Trinajstić information content (AvgIpc) is 2.40. The summed E-state index contributed by atoms with van der Waals surface area (Å²) in [5.41, 5.74) is 1.03. The summed E-state index contributed by atoms with van der Waals surface area (Å²) in [5, 5.41) is 0. The number of hydrogen-bond donors (Lipinski definition) is 0. The van der Waals surface area contributed by atoms with E-state index in [4.69, 9.17) is 4.74 Å². The topological polar surface area (TPSA) is 42.4 Å². The van der Waals surface area contributed by atoms with E-state index in [1.165, 1.54) is 12.0 Å². The molecule has 4 nitrogen and oxygen atoms in total. The molecule has 0 unspecified atom stereocenters. The van der Waals surface area contributed by atoms with E-state index in [0.717, 1.165) is 5.69 Å². The first-order valence-corrected chi connectivity index (χ1v) is 6.54. The summed E-state index contributed by atoms with van der Waals surface area (Å²) in [5.74, 6) is -4.05. The fourth-order valence-electron chi connectivity index (χ4n) is 2.36. The molecule has 0 saturated carbocycles. The van der Waals surface area contributed by atoms with Gasteiger partial charge in [0.1, 0.15) is 5.69 Å². The average molecular weight is 284 g/mol. The van der Waals surface area contributed by atoms with E-state index in [1.54, 1.807) is 25.1 Å². The van der Waals surface area contributed by atoms with Crippen molar-refractivity contribution in [1.82, 2.24) is 9.88 Å². The Balaban J connectivity index is 2.12. The van der Waals surface area contributed by atoms with Gasteiger partial charge in [-0.2, -0.15) is 0 Å². The third-order valence-corrected chi connectivity index (χ3v) is 3.52. The van der Waals surface area contributed by atoms with E-state index in [9.17, 15) is 13.6 Å². The Morgan fingerprint density at radius 2 is 2.30 bits per heavy atom. The minimum Gasteiger partial charge on any atom is -0.384 e. The predicted molar refractivity (Wildman–Crippen MR) is 69.8 cm³/mol. The summed E-state index contributed by atoms with van der Waals surface area (Å²) < 4.78 is 32.3. The molecule has 1 fully saturated rings. The molecule has 110 valence electrons. The highest BCUT2D eigenvalue weighted by molar-refractivity contribution is 5.92. The number of rotatable bonds is 3. The molecule has 1 aliphatic heterocycles. The molecule has 0 spiro atoms. The fourth-order valence-corrected chi connectivity index (χ4v) is 2.36. The van der Waals surface area contributed by atoms with Gasteiger partial charge in [0.25, 0.3) is 11.8 Å². The summed E-state index contributed by atoms with van der Waals surface area (Å²) in [6.07, 6.45) is -0.335. The molecule has 20 heavy (non-hydrogen) atoms. The Morgan fingerprint density at radius 1 is 1.55 bits per heavy atom. The molecule has 1 aliphatic rings. The van der Waals surface area contributed by atoms with Gasteiger partial charge in [-0.15, -0.1) is 0 Å². The van der Waals surface area contributed by atoms with Crippen LogP contribution in [-0.2, 0) is 4.74 Å². The second-order valence-electron chi connectivity index (χ2n) is 5.08. The number of methoxy groups -OCH3 is 1. The molecule has 0 aromatic carbocycles. The van der Waals surface area contributed by atoms with Crippen molar-refractivity contribution in [3.05, 3.63) is 29.6 Å². The largest absolute Gasteiger partial charge is 0.384 e. The number of alkyl halides is 2. The summed E-state index contributed by atoms with van der Waals surface area (Å²) >= 11 is 0. The van der Waals surface area contributed by atoms with E-state index in [2.05, 4.69) is 4.98 Å². The number of aryl methyl sites for hydroxylation is 1. The lowest BCUT2D eigenvalue weighted by Gasteiger charge is -2.37. The number of amides is 1. The van der Waals surface area contributed by atoms with Gasteiger partial charge in [-0.1, -0.05) is 6.07 Å². The van der Waals surface area contributed by atoms with E-state index in [1.807, 2.05) is 0 Å². The van der Waals surface area contributed by atoms with Crippen LogP contribution in [0.2, 0.25) is 0 Å². The van der Waals surface area contributed by atoms with Crippen molar-refractivity contribution in [2.75, 3.05) is 26.8 Å². The second kappa shape index (κ2) is 5.83. The lowest BCUT2D eigenvalue weighted by molar-refractivity contribution is -0.118. The molecule has 1 saturated heterocycles. The first-order valence-electron chi connectivity index (χ1n) is 6.54. The molecule has 0 radical (unpaired) electrons. The van der Waals surface area contributed by atoms with Crippen molar-refractivity contribution >= 4 is 5.91 Å². The molecule has 6 heteroatoms. The summed E-state index contributed by atoms with van der Waals surface area (Å²) in [7, 11) is 1.39. The zero-order valence-corrected chi connectivity index (χ0v) is 11.6. The maximum absolute atomic E-state index is 13.7. The lowest BCUT2D eigenvalue weighted by atomic mass is 9.94. The number of halogens is 2. The van der Waals surface area contributed by atoms with Gasteiger partial charge in [0.2, 0.25) is 0 Å². The third kappa shape index (κ3) is 3.12. The minimum absolute atomic E-state index is 0.00467. The van der Waals surface area contributed by atoms with E-state index in [0.29, 0.717) is 5.69 Å². The van der Waals surface area contributed by atoms with Gasteiger partial charge in [-0.05, 0) is 19.1 Å². The van der Waals surface area contributed by atoms with Crippen LogP contribution in [-0.4, -0.2) is 48.5 Å². The number of carbonyl (C=O) groups excluding carboxylic acids is 1. The minimum atomic E-state index is -2.78. The van der Waals surface area contributed by atoms with Crippen LogP contribution in [0.25, 0.3) is 0 Å². The number of piperidine rings is 1. The molecule has 0 bridgehead atoms. The Bertz CT molecular complexity index is 494. The summed E-state index contributed by atoms with van der Waals surface area (Å²) in [6.45, 7) is 1.77. The molecule has 1 atom stereocenters. The Labute approximate surface area is 116 Å². The van der Waals surface area contributed by atoms with Crippen molar-refractivity contribution < 1.29 is 18.3 Å². The van der Waals surface area contributed by atoms with Crippen molar-refractivity contribution in [2.45, 2.75) is 19.3 Å². The van der Waals surface area contributed by atoms with Crippen LogP contribution in [0.1, 0.15) is 22.6 Å². The molecule has 1 amide bonds. The molecular formula is C14H18F2N2O2. The van der Waals surface area contributed by atoms with Gasteiger partial charge in [0.05, 0.1) is 12.5 Å². The van der Waals surface area contributed by atoms with Crippen molar-refractivity contribution in [3.8, 4) is 0 Å². The van der Waals surface area contributed by atoms with Crippen LogP contribution in [0, 0.1) is 12.8 Å². The van der Waals surface area contributed by atoms with Crippen LogP contribution in [0.15, 0.2) is 18.2 Å². The number of aromatic nitrogens is 1. The number of hydrogen-bond acceptors (Lipinski definition) is 3. The molecule has 2 heterocycles. The Morgan fingerprint density at radius 3 is 2.95 bits per heavy atom. The number of pyridine rings is 1. The molecule has 1 aromatic rings. The quantitative estimate of drug-likeness (QED) is 0.854. The van der Waals surface area contributed by atoms with E-state index in [-0.39, 0.29) is 32.0 Å². The maximum atomic E-state index is 13.7. The van der Waals surface area contributed by atoms with E-state index >= 15 is 0 Å². The van der Waals surface area contributed by atoms with Crippen LogP contribution in [0.3, 0.4) is 0 Å². The van der Waals surface area contributed by atoms with Crippen molar-refractivity contribution in [1.29, 1.82) is 0 Å². The van der Waals surface area contributed by atoms with E-state index < -0.39 is 11.8 Å². The molecular weight excluding hydrogens is 266 g/mol. The number of likely N-dealkylation sites (tertiary alicyclic amines) is 1. The van der Waals surface area contributed by atoms with Gasteiger partial charge in [-0.25, -0.2) is 13.8 Å². The van der Waals surface area contributed by atoms with Crippen LogP contribution in [0.5, 0.6) is 0 Å². The first kappa shape index (κ1) is 14.8. The summed E-state index contributed by atoms with van der Waals surface area (Å²) in [4.78, 5) is 17.9. The smallest absolute Gasteiger partial charge is 0.272 e. The predicted octanol–water partition coefficient (Wildman–Crippen LogP) is 2.13. The molecule has 1 aromatic heterocycles. The lowest BCUT2D eigenvalue weighted by Crippen LogP contribution is -2.50. The van der Waals surface area contributed by atoms with Crippen LogP contribution in [0.4, 0.5) is 8.78 Å². The van der Waals surface area contributed by atoms with Gasteiger partial charge in [0.15, 0.2) is 0 Å². The van der Waals surface area contributed by atoms with Crippen molar-refractivity contribution in [2.24, 2.45) is 5.92 Å². The van der Waals surface area contributed by atoms with Gasteiger partial charge < -0.3 is 9.64 Å². The van der Waals surface area contributed by atoms with Crippen molar-refractivity contribution in [3.63, 3.8) is 0 Å². The van der Waals surface area contributed by atoms with Gasteiger partial charge in [-0.3, -0.25) is 4.79 Å². The normalized spacial score (nSPS) is 21.8. The first-order chi connectivity index (χ1) is 9.44. The molecule has 2 rings (SSSR count). The monoisotopic (exact) mass is 284 g/mol. The molecule has 0 aliphatic carbocycles. The highest BCUT2D eigenvalue weighted by atomic mass is 19.3. The zero-order valence-electron chi connectivity index (χ0n) is 11.6. The Hall–Kier alpha value is -1.56. The fraction of sp³-hybridized carbons (Fsp3) is 0.571. The van der Waals surface area contributed by atoms with Gasteiger partial charge >= 0.3 is 0 Å². The third-order valence-electron chi connectivity index (χ3n) is 3.52. The standard InChI is InChI=1S/C14H18F2N2O2/c1-10-4-3-5-12(17-10)13(19)18-7-6-14(15,16)11(8-18)9-20-2/h3-5,11H,6-9H2,1-2H3/t11-/m1/s1. The second-order valence-corrected chi connectivity index (χ2v) is 5.08. The number of nitrogens with zero attached hydrogens (tertiary/aromatic N) is 2. The SMILES string of the molecule is COC[C@H]1CN(C(=O)c2cccc(C)n2)CCC1(F)F. The molecule has 0 N–H and O–H groups in total. The summed E-state index contributed by atoms with van der Waals surface area (Å²) in [6, 6.07) is 5.13. The highest BCUT2D eigenvalue weighted by Gasteiger charge is 2.45.